The molecule has 0 saturated carbocycles. The highest BCUT2D eigenvalue weighted by molar-refractivity contribution is 6.08. The number of aryl methyl sites for hydroxylation is 1. The molecule has 122 valence electrons. The fraction of sp³-hybridized carbons (Fsp3) is 0.444. The minimum atomic E-state index is -0.210. The predicted molar refractivity (Wildman–Crippen MR) is 88.3 cm³/mol. The van der Waals surface area contributed by atoms with Crippen molar-refractivity contribution in [2.75, 3.05) is 19.7 Å². The van der Waals surface area contributed by atoms with Crippen molar-refractivity contribution >= 4 is 22.8 Å². The largest absolute Gasteiger partial charge is 0.466 e. The lowest BCUT2D eigenvalue weighted by Crippen LogP contribution is -2.43. The molecule has 1 aromatic carbocycles. The molecule has 1 fully saturated rings. The Hall–Kier alpha value is -2.30. The van der Waals surface area contributed by atoms with E-state index in [1.165, 1.54) is 0 Å². The van der Waals surface area contributed by atoms with Crippen LogP contribution in [0.4, 0.5) is 0 Å². The third-order valence-corrected chi connectivity index (χ3v) is 4.44. The third kappa shape index (κ3) is 2.96. The smallest absolute Gasteiger partial charge is 0.310 e. The minimum absolute atomic E-state index is 0.00560. The number of nitrogens with zero attached hydrogens (tertiary/aromatic N) is 1. The number of rotatable bonds is 3. The summed E-state index contributed by atoms with van der Waals surface area (Å²) in [4.78, 5) is 30.0. The van der Waals surface area contributed by atoms with E-state index in [9.17, 15) is 9.59 Å². The summed E-state index contributed by atoms with van der Waals surface area (Å²) in [6.45, 7) is 5.23. The van der Waals surface area contributed by atoms with Crippen LogP contribution in [-0.2, 0) is 9.53 Å². The number of likely N-dealkylation sites (tertiary alicyclic amines) is 1. The number of esters is 1. The maximum Gasteiger partial charge on any atom is 0.310 e. The molecule has 3 rings (SSSR count). The number of aromatic amines is 1. The summed E-state index contributed by atoms with van der Waals surface area (Å²) in [5.41, 5.74) is 2.55. The van der Waals surface area contributed by atoms with Gasteiger partial charge in [0, 0.05) is 29.7 Å². The summed E-state index contributed by atoms with van der Waals surface area (Å²) < 4.78 is 5.11. The van der Waals surface area contributed by atoms with E-state index in [2.05, 4.69) is 4.98 Å². The Bertz CT molecular complexity index is 735. The summed E-state index contributed by atoms with van der Waals surface area (Å²) in [5.74, 6) is -0.409. The molecule has 0 spiro atoms. The van der Waals surface area contributed by atoms with Crippen molar-refractivity contribution in [3.8, 4) is 0 Å². The molecule has 1 saturated heterocycles. The van der Waals surface area contributed by atoms with Gasteiger partial charge in [-0.05, 0) is 32.8 Å². The lowest BCUT2D eigenvalue weighted by molar-refractivity contribution is -0.149. The minimum Gasteiger partial charge on any atom is -0.466 e. The molecule has 1 aliphatic rings. The number of piperidine rings is 1. The molecule has 5 nitrogen and oxygen atoms in total. The molecule has 23 heavy (non-hydrogen) atoms. The monoisotopic (exact) mass is 314 g/mol. The number of ether oxygens (including phenoxy) is 1. The Morgan fingerprint density at radius 1 is 1.35 bits per heavy atom. The normalized spacial score (nSPS) is 18.2. The number of aromatic nitrogens is 1. The fourth-order valence-corrected chi connectivity index (χ4v) is 3.32. The molecule has 5 heteroatoms. The molecule has 1 unspecified atom stereocenters. The Morgan fingerprint density at radius 3 is 2.91 bits per heavy atom. The number of hydrogen-bond donors (Lipinski definition) is 1. The molecule has 0 aliphatic carbocycles. The van der Waals surface area contributed by atoms with E-state index in [1.54, 1.807) is 11.8 Å². The van der Waals surface area contributed by atoms with E-state index in [-0.39, 0.29) is 17.8 Å². The van der Waals surface area contributed by atoms with Crippen LogP contribution in [0.2, 0.25) is 0 Å². The van der Waals surface area contributed by atoms with Gasteiger partial charge in [-0.3, -0.25) is 9.59 Å². The first-order chi connectivity index (χ1) is 11.1. The van der Waals surface area contributed by atoms with Crippen molar-refractivity contribution in [3.63, 3.8) is 0 Å². The van der Waals surface area contributed by atoms with Crippen LogP contribution < -0.4 is 0 Å². The van der Waals surface area contributed by atoms with Crippen molar-refractivity contribution in [2.24, 2.45) is 5.92 Å². The van der Waals surface area contributed by atoms with Crippen LogP contribution >= 0.6 is 0 Å². The van der Waals surface area contributed by atoms with Gasteiger partial charge >= 0.3 is 5.97 Å². The molecule has 2 aromatic rings. The predicted octanol–water partition coefficient (Wildman–Crippen LogP) is 2.89. The third-order valence-electron chi connectivity index (χ3n) is 4.44. The van der Waals surface area contributed by atoms with E-state index >= 15 is 0 Å². The number of amides is 1. The molecule has 1 amide bonds. The number of carbonyl (C=O) groups is 2. The number of H-pyrrole nitrogens is 1. The number of benzene rings is 1. The summed E-state index contributed by atoms with van der Waals surface area (Å²) in [5, 5.41) is 0.938. The summed E-state index contributed by atoms with van der Waals surface area (Å²) >= 11 is 0. The molecule has 1 N–H and O–H groups in total. The molecular formula is C18H22N2O3. The number of carbonyl (C=O) groups excluding carboxylic acids is 2. The van der Waals surface area contributed by atoms with Gasteiger partial charge in [0.25, 0.3) is 5.91 Å². The van der Waals surface area contributed by atoms with Gasteiger partial charge in [-0.15, -0.1) is 0 Å². The van der Waals surface area contributed by atoms with Gasteiger partial charge in [0.1, 0.15) is 0 Å². The van der Waals surface area contributed by atoms with Crippen LogP contribution in [0, 0.1) is 12.8 Å². The lowest BCUT2D eigenvalue weighted by Gasteiger charge is -2.31. The Balaban J connectivity index is 1.84. The molecule has 0 bridgehead atoms. The Kier molecular flexibility index (Phi) is 4.37. The average molecular weight is 314 g/mol. The summed E-state index contributed by atoms with van der Waals surface area (Å²) in [6, 6.07) is 7.81. The zero-order valence-corrected chi connectivity index (χ0v) is 13.6. The number of nitrogens with one attached hydrogen (secondary N) is 1. The summed E-state index contributed by atoms with van der Waals surface area (Å²) in [6.07, 6.45) is 1.62. The number of para-hydroxylation sites is 1. The maximum absolute atomic E-state index is 13.0. The topological polar surface area (TPSA) is 62.4 Å². The van der Waals surface area contributed by atoms with Crippen molar-refractivity contribution in [2.45, 2.75) is 26.7 Å². The fourth-order valence-electron chi connectivity index (χ4n) is 3.32. The maximum atomic E-state index is 13.0. The first-order valence-electron chi connectivity index (χ1n) is 8.15. The first-order valence-corrected chi connectivity index (χ1v) is 8.15. The van der Waals surface area contributed by atoms with Crippen LogP contribution in [0.5, 0.6) is 0 Å². The molecule has 1 aromatic heterocycles. The van der Waals surface area contributed by atoms with Crippen molar-refractivity contribution in [3.05, 3.63) is 35.5 Å². The van der Waals surface area contributed by atoms with Gasteiger partial charge in [-0.1, -0.05) is 18.2 Å². The lowest BCUT2D eigenvalue weighted by atomic mass is 9.97. The van der Waals surface area contributed by atoms with E-state index in [0.29, 0.717) is 25.3 Å². The van der Waals surface area contributed by atoms with Crippen molar-refractivity contribution < 1.29 is 14.3 Å². The van der Waals surface area contributed by atoms with E-state index in [1.807, 2.05) is 31.2 Å². The van der Waals surface area contributed by atoms with Crippen LogP contribution in [0.1, 0.15) is 35.8 Å². The van der Waals surface area contributed by atoms with Gasteiger partial charge in [0.05, 0.1) is 18.1 Å². The molecule has 0 radical (unpaired) electrons. The van der Waals surface area contributed by atoms with Crippen molar-refractivity contribution in [1.29, 1.82) is 0 Å². The number of fused-ring (bicyclic) bond motifs is 1. The second-order valence-electron chi connectivity index (χ2n) is 6.01. The van der Waals surface area contributed by atoms with Crippen LogP contribution in [0.3, 0.4) is 0 Å². The Labute approximate surface area is 135 Å². The first kappa shape index (κ1) is 15.6. The molecular weight excluding hydrogens is 292 g/mol. The second kappa shape index (κ2) is 6.44. The standard InChI is InChI=1S/C18H22N2O3/c1-3-23-18(22)13-7-6-10-20(11-13)17(21)16-12(2)19-15-9-5-4-8-14(15)16/h4-5,8-9,13,19H,3,6-7,10-11H2,1-2H3. The van der Waals surface area contributed by atoms with E-state index in [0.717, 1.165) is 29.4 Å². The Morgan fingerprint density at radius 2 is 2.13 bits per heavy atom. The second-order valence-corrected chi connectivity index (χ2v) is 6.01. The average Bonchev–Trinajstić information content (AvgIpc) is 2.90. The van der Waals surface area contributed by atoms with Gasteiger partial charge in [0.2, 0.25) is 0 Å². The van der Waals surface area contributed by atoms with Crippen LogP contribution in [0.25, 0.3) is 10.9 Å². The highest BCUT2D eigenvalue weighted by Gasteiger charge is 2.31. The van der Waals surface area contributed by atoms with Gasteiger partial charge in [-0.2, -0.15) is 0 Å². The van der Waals surface area contributed by atoms with Crippen molar-refractivity contribution in [1.82, 2.24) is 9.88 Å². The van der Waals surface area contributed by atoms with Crippen LogP contribution in [0.15, 0.2) is 24.3 Å². The quantitative estimate of drug-likeness (QED) is 0.886. The molecule has 2 heterocycles. The van der Waals surface area contributed by atoms with Gasteiger partial charge in [0.15, 0.2) is 0 Å². The molecule has 1 atom stereocenters. The van der Waals surface area contributed by atoms with Gasteiger partial charge in [-0.25, -0.2) is 0 Å². The van der Waals surface area contributed by atoms with Crippen LogP contribution in [-0.4, -0.2) is 41.5 Å². The SMILES string of the molecule is CCOC(=O)C1CCCN(C(=O)c2c(C)[nH]c3ccccc23)C1. The van der Waals surface area contributed by atoms with E-state index in [4.69, 9.17) is 4.74 Å². The van der Waals surface area contributed by atoms with Gasteiger partial charge < -0.3 is 14.6 Å². The van der Waals surface area contributed by atoms with E-state index < -0.39 is 0 Å². The molecule has 1 aliphatic heterocycles. The highest BCUT2D eigenvalue weighted by Crippen LogP contribution is 2.26. The zero-order chi connectivity index (χ0) is 16.4. The summed E-state index contributed by atoms with van der Waals surface area (Å²) in [7, 11) is 0. The number of hydrogen-bond acceptors (Lipinski definition) is 3. The zero-order valence-electron chi connectivity index (χ0n) is 13.6. The highest BCUT2D eigenvalue weighted by atomic mass is 16.5.